The molecule has 1 atom stereocenters. The third-order valence-electron chi connectivity index (χ3n) is 3.62. The second kappa shape index (κ2) is 6.74. The summed E-state index contributed by atoms with van der Waals surface area (Å²) in [6, 6.07) is 0. The van der Waals surface area contributed by atoms with E-state index in [0.29, 0.717) is 19.5 Å². The molecule has 6 nitrogen and oxygen atoms in total. The van der Waals surface area contributed by atoms with Crippen LogP contribution in [0, 0.1) is 0 Å². The van der Waals surface area contributed by atoms with Gasteiger partial charge in [0.25, 0.3) is 0 Å². The first kappa shape index (κ1) is 19.2. The average molecular weight is 335 g/mol. The van der Waals surface area contributed by atoms with Crippen LogP contribution in [0.2, 0.25) is 0 Å². The van der Waals surface area contributed by atoms with Crippen LogP contribution in [0.3, 0.4) is 0 Å². The lowest BCUT2D eigenvalue weighted by atomic mass is 10.1. The number of ether oxygens (including phenoxy) is 2. The molecule has 0 saturated carbocycles. The molecule has 1 amide bonds. The van der Waals surface area contributed by atoms with E-state index in [4.69, 9.17) is 9.47 Å². The van der Waals surface area contributed by atoms with Crippen molar-refractivity contribution in [3.63, 3.8) is 0 Å². The molecule has 1 rings (SSSR count). The van der Waals surface area contributed by atoms with Crippen molar-refractivity contribution in [3.05, 3.63) is 0 Å². The molecule has 7 heteroatoms. The normalized spacial score (nSPS) is 23.1. The molecule has 0 aromatic rings. The van der Waals surface area contributed by atoms with Gasteiger partial charge in [0.05, 0.1) is 29.8 Å². The number of rotatable bonds is 5. The second-order valence-electron chi connectivity index (χ2n) is 7.37. The molecular formula is C15H29NO5S. The van der Waals surface area contributed by atoms with Crippen LogP contribution < -0.4 is 0 Å². The van der Waals surface area contributed by atoms with Crippen LogP contribution in [0.5, 0.6) is 0 Å². The van der Waals surface area contributed by atoms with E-state index in [1.165, 1.54) is 0 Å². The van der Waals surface area contributed by atoms with Gasteiger partial charge in [0.1, 0.15) is 5.60 Å². The first-order valence-electron chi connectivity index (χ1n) is 7.68. The molecule has 0 aromatic carbocycles. The summed E-state index contributed by atoms with van der Waals surface area (Å²) in [6.45, 7) is 11.8. The minimum atomic E-state index is -3.10. The fraction of sp³-hybridized carbons (Fsp3) is 0.933. The largest absolute Gasteiger partial charge is 0.444 e. The molecule has 22 heavy (non-hydrogen) atoms. The Morgan fingerprint density at radius 1 is 1.32 bits per heavy atom. The first-order valence-corrected chi connectivity index (χ1v) is 9.40. The van der Waals surface area contributed by atoms with Crippen LogP contribution in [-0.4, -0.2) is 61.3 Å². The van der Waals surface area contributed by atoms with Crippen molar-refractivity contribution < 1.29 is 22.7 Å². The Balaban J connectivity index is 2.48. The van der Waals surface area contributed by atoms with Crippen LogP contribution in [0.1, 0.15) is 48.0 Å². The molecule has 0 aliphatic carbocycles. The number of carbonyl (C=O) groups excluding carboxylic acids is 1. The third-order valence-corrected chi connectivity index (χ3v) is 5.80. The van der Waals surface area contributed by atoms with E-state index in [-0.39, 0.29) is 18.5 Å². The Morgan fingerprint density at radius 2 is 1.91 bits per heavy atom. The molecule has 0 spiro atoms. The molecule has 1 aliphatic rings. The van der Waals surface area contributed by atoms with Gasteiger partial charge in [-0.3, -0.25) is 0 Å². The maximum atomic E-state index is 12.0. The van der Waals surface area contributed by atoms with Crippen molar-refractivity contribution in [2.75, 3.05) is 25.4 Å². The molecule has 0 bridgehead atoms. The molecule has 1 fully saturated rings. The summed E-state index contributed by atoms with van der Waals surface area (Å²) in [6.07, 6.45) is 0.322. The van der Waals surface area contributed by atoms with E-state index in [9.17, 15) is 13.2 Å². The number of sulfone groups is 1. The summed E-state index contributed by atoms with van der Waals surface area (Å²) >= 11 is 0. The third kappa shape index (κ3) is 5.76. The minimum Gasteiger partial charge on any atom is -0.444 e. The van der Waals surface area contributed by atoms with E-state index in [1.54, 1.807) is 18.7 Å². The van der Waals surface area contributed by atoms with E-state index >= 15 is 0 Å². The highest BCUT2D eigenvalue weighted by molar-refractivity contribution is 7.91. The average Bonchev–Trinajstić information content (AvgIpc) is 2.69. The molecule has 1 aliphatic heterocycles. The van der Waals surface area contributed by atoms with Crippen molar-refractivity contribution in [1.29, 1.82) is 0 Å². The predicted molar refractivity (Wildman–Crippen MR) is 85.7 cm³/mol. The van der Waals surface area contributed by atoms with Crippen molar-refractivity contribution in [1.82, 2.24) is 4.90 Å². The Morgan fingerprint density at radius 3 is 2.41 bits per heavy atom. The van der Waals surface area contributed by atoms with Crippen LogP contribution in [0.4, 0.5) is 4.79 Å². The van der Waals surface area contributed by atoms with Gasteiger partial charge in [0, 0.05) is 6.54 Å². The predicted octanol–water partition coefficient (Wildman–Crippen LogP) is 2.23. The van der Waals surface area contributed by atoms with E-state index < -0.39 is 26.3 Å². The van der Waals surface area contributed by atoms with E-state index in [2.05, 4.69) is 0 Å². The minimum absolute atomic E-state index is 0.00664. The van der Waals surface area contributed by atoms with Crippen LogP contribution >= 0.6 is 0 Å². The number of hydrogen-bond acceptors (Lipinski definition) is 5. The number of carbonyl (C=O) groups is 1. The lowest BCUT2D eigenvalue weighted by Gasteiger charge is -2.27. The van der Waals surface area contributed by atoms with Gasteiger partial charge in [-0.05, 0) is 48.0 Å². The SMILES string of the molecule is CC(C)S(=O)(=O)CCOC1(C)CCN(C(=O)OC(C)(C)C)C1. The number of nitrogens with zero attached hydrogens (tertiary/aromatic N) is 1. The molecular weight excluding hydrogens is 306 g/mol. The Bertz CT molecular complexity index is 495. The Kier molecular flexibility index (Phi) is 5.89. The van der Waals surface area contributed by atoms with Crippen molar-refractivity contribution in [2.45, 2.75) is 64.4 Å². The van der Waals surface area contributed by atoms with E-state index in [0.717, 1.165) is 0 Å². The zero-order chi connectivity index (χ0) is 17.2. The fourth-order valence-corrected chi connectivity index (χ4v) is 2.96. The number of likely N-dealkylation sites (tertiary alicyclic amines) is 1. The topological polar surface area (TPSA) is 72.9 Å². The molecule has 0 radical (unpaired) electrons. The molecule has 0 N–H and O–H groups in total. The maximum Gasteiger partial charge on any atom is 0.410 e. The summed E-state index contributed by atoms with van der Waals surface area (Å²) in [5.41, 5.74) is -1.04. The van der Waals surface area contributed by atoms with Gasteiger partial charge >= 0.3 is 6.09 Å². The number of amides is 1. The Hall–Kier alpha value is -0.820. The standard InChI is InChI=1S/C15H29NO5S/c1-12(2)22(18,19)10-9-20-15(6)7-8-16(11-15)13(17)21-14(3,4)5/h12H,7-11H2,1-6H3. The lowest BCUT2D eigenvalue weighted by molar-refractivity contribution is -0.0202. The molecule has 0 aromatic heterocycles. The molecule has 1 saturated heterocycles. The highest BCUT2D eigenvalue weighted by Gasteiger charge is 2.38. The molecule has 1 unspecified atom stereocenters. The smallest absolute Gasteiger partial charge is 0.410 e. The maximum absolute atomic E-state index is 12.0. The molecule has 1 heterocycles. The van der Waals surface area contributed by atoms with Gasteiger partial charge in [-0.1, -0.05) is 0 Å². The lowest BCUT2D eigenvalue weighted by Crippen LogP contribution is -2.39. The zero-order valence-electron chi connectivity index (χ0n) is 14.5. The first-order chi connectivity index (χ1) is 9.85. The van der Waals surface area contributed by atoms with Crippen molar-refractivity contribution in [3.8, 4) is 0 Å². The van der Waals surface area contributed by atoms with Crippen molar-refractivity contribution >= 4 is 15.9 Å². The summed E-state index contributed by atoms with van der Waals surface area (Å²) in [5, 5.41) is -0.397. The van der Waals surface area contributed by atoms with Crippen molar-refractivity contribution in [2.24, 2.45) is 0 Å². The Labute approximate surface area is 134 Å². The summed E-state index contributed by atoms with van der Waals surface area (Å²) in [4.78, 5) is 13.6. The van der Waals surface area contributed by atoms with E-state index in [1.807, 2.05) is 27.7 Å². The van der Waals surface area contributed by atoms with Crippen LogP contribution in [-0.2, 0) is 19.3 Å². The summed E-state index contributed by atoms with van der Waals surface area (Å²) in [7, 11) is -3.10. The zero-order valence-corrected chi connectivity index (χ0v) is 15.3. The van der Waals surface area contributed by atoms with Gasteiger partial charge in [-0.2, -0.15) is 0 Å². The fourth-order valence-electron chi connectivity index (χ4n) is 2.17. The summed E-state index contributed by atoms with van der Waals surface area (Å²) < 4.78 is 34.6. The second-order valence-corrected chi connectivity index (χ2v) is 10.0. The van der Waals surface area contributed by atoms with Crippen LogP contribution in [0.25, 0.3) is 0 Å². The van der Waals surface area contributed by atoms with Gasteiger partial charge in [0.2, 0.25) is 0 Å². The van der Waals surface area contributed by atoms with Gasteiger partial charge < -0.3 is 14.4 Å². The summed E-state index contributed by atoms with van der Waals surface area (Å²) in [5.74, 6) is 0.00664. The monoisotopic (exact) mass is 335 g/mol. The molecule has 130 valence electrons. The quantitative estimate of drug-likeness (QED) is 0.770. The van der Waals surface area contributed by atoms with Gasteiger partial charge in [-0.25, -0.2) is 13.2 Å². The van der Waals surface area contributed by atoms with Gasteiger partial charge in [-0.15, -0.1) is 0 Å². The number of hydrogen-bond donors (Lipinski definition) is 0. The van der Waals surface area contributed by atoms with Gasteiger partial charge in [0.15, 0.2) is 9.84 Å². The van der Waals surface area contributed by atoms with Crippen LogP contribution in [0.15, 0.2) is 0 Å². The highest BCUT2D eigenvalue weighted by Crippen LogP contribution is 2.26. The highest BCUT2D eigenvalue weighted by atomic mass is 32.2.